The van der Waals surface area contributed by atoms with Crippen molar-refractivity contribution in [3.8, 4) is 5.75 Å². The molecule has 1 aromatic carbocycles. The largest absolute Gasteiger partial charge is 0.508 e. The number of likely N-dealkylation sites (N-methyl/N-ethyl adjacent to an activating group) is 1. The maximum atomic E-state index is 13.9. The molecule has 10 N–H and O–H groups in total. The highest BCUT2D eigenvalue weighted by Gasteiger charge is 2.64. The predicted molar refractivity (Wildman–Crippen MR) is 163 cm³/mol. The molecule has 0 saturated heterocycles. The molecule has 2 unspecified atom stereocenters. The molecule has 0 heterocycles. The maximum absolute atomic E-state index is 13.9. The van der Waals surface area contributed by atoms with Crippen LogP contribution < -0.4 is 10.6 Å². The fourth-order valence-electron chi connectivity index (χ4n) is 6.26. The molecule has 4 rings (SSSR count). The second-order valence-corrected chi connectivity index (χ2v) is 12.7. The van der Waals surface area contributed by atoms with Crippen molar-refractivity contribution in [1.29, 1.82) is 0 Å². The maximum Gasteiger partial charge on any atom is 0.394 e. The minimum absolute atomic E-state index is 0.0475. The topological polar surface area (TPSA) is 357 Å². The Labute approximate surface area is 272 Å². The van der Waals surface area contributed by atoms with Crippen LogP contribution in [0.15, 0.2) is 23.0 Å². The van der Waals surface area contributed by atoms with E-state index in [1.54, 1.807) is 0 Å². The van der Waals surface area contributed by atoms with E-state index in [1.165, 1.54) is 25.1 Å². The first-order chi connectivity index (χ1) is 21.7. The summed E-state index contributed by atoms with van der Waals surface area (Å²) in [6.45, 7) is 4.59. The number of nitro groups is 1. The number of nitrogens with zero attached hydrogens (tertiary/aromatic N) is 3. The molecular formula is C25H34N4O17S2. The van der Waals surface area contributed by atoms with E-state index >= 15 is 0 Å². The van der Waals surface area contributed by atoms with Gasteiger partial charge in [-0.1, -0.05) is 0 Å². The van der Waals surface area contributed by atoms with Crippen LogP contribution in [-0.2, 0) is 41.6 Å². The number of phenolic OH excluding ortho intramolecular Hbond substituents is 1. The van der Waals surface area contributed by atoms with Crippen molar-refractivity contribution in [2.24, 2.45) is 17.6 Å². The van der Waals surface area contributed by atoms with E-state index in [0.717, 1.165) is 0 Å². The number of carbonyl (C=O) groups is 3. The third-order valence-corrected chi connectivity index (χ3v) is 7.98. The number of hydrogen-bond donors (Lipinski definition) is 9. The van der Waals surface area contributed by atoms with Crippen molar-refractivity contribution in [2.75, 3.05) is 32.1 Å². The van der Waals surface area contributed by atoms with Crippen LogP contribution in [0.5, 0.6) is 5.75 Å². The summed E-state index contributed by atoms with van der Waals surface area (Å²) in [6, 6.07) is 0.0286. The number of nitro benzene ring substituents is 1. The Hall–Kier alpha value is -4.23. The lowest BCUT2D eigenvalue weighted by atomic mass is 9.57. The van der Waals surface area contributed by atoms with E-state index in [0.29, 0.717) is 24.3 Å². The Kier molecular flexibility index (Phi) is 11.7. The lowest BCUT2D eigenvalue weighted by Gasteiger charge is -2.50. The molecule has 268 valence electrons. The number of phenols is 1. The monoisotopic (exact) mass is 726 g/mol. The minimum Gasteiger partial charge on any atom is -0.508 e. The quantitative estimate of drug-likeness (QED) is 0.0765. The van der Waals surface area contributed by atoms with E-state index in [-0.39, 0.29) is 24.0 Å². The van der Waals surface area contributed by atoms with Gasteiger partial charge in [0.05, 0.1) is 16.5 Å². The van der Waals surface area contributed by atoms with Gasteiger partial charge in [-0.3, -0.25) is 47.6 Å². The smallest absolute Gasteiger partial charge is 0.394 e. The highest BCUT2D eigenvalue weighted by molar-refractivity contribution is 7.80. The number of aromatic hydroxyl groups is 1. The predicted octanol–water partition coefficient (Wildman–Crippen LogP) is -0.587. The molecular weight excluding hydrogens is 692 g/mol. The van der Waals surface area contributed by atoms with E-state index in [9.17, 15) is 44.9 Å². The summed E-state index contributed by atoms with van der Waals surface area (Å²) < 4.78 is 63.2. The first-order valence-electron chi connectivity index (χ1n) is 13.6. The molecule has 21 nitrogen and oxygen atoms in total. The zero-order valence-electron chi connectivity index (χ0n) is 25.6. The zero-order chi connectivity index (χ0) is 37.4. The number of primary amides is 1. The summed E-state index contributed by atoms with van der Waals surface area (Å²) in [5.74, 6) is -8.12. The Morgan fingerprint density at radius 3 is 1.92 bits per heavy atom. The van der Waals surface area contributed by atoms with Crippen LogP contribution in [0.2, 0.25) is 0 Å². The van der Waals surface area contributed by atoms with Crippen molar-refractivity contribution in [3.05, 3.63) is 44.2 Å². The summed E-state index contributed by atoms with van der Waals surface area (Å²) >= 11 is 0. The van der Waals surface area contributed by atoms with Gasteiger partial charge < -0.3 is 31.1 Å². The molecule has 0 aliphatic heterocycles. The number of Topliss-reactive ketones (excluding diaryl/α,β-unsaturated/α-hetero) is 2. The van der Waals surface area contributed by atoms with Crippen molar-refractivity contribution < 1.29 is 74.8 Å². The molecule has 3 aliphatic carbocycles. The number of rotatable bonds is 6. The molecule has 1 fully saturated rings. The summed E-state index contributed by atoms with van der Waals surface area (Å²) in [7, 11) is -6.30. The third kappa shape index (κ3) is 7.90. The number of fused-ring (bicyclic) bond motifs is 3. The molecule has 1 saturated carbocycles. The average Bonchev–Trinajstić information content (AvgIpc) is 2.90. The molecule has 23 heteroatoms. The Balaban J connectivity index is 0.000000700. The van der Waals surface area contributed by atoms with Gasteiger partial charge in [0.2, 0.25) is 11.5 Å². The fourth-order valence-corrected chi connectivity index (χ4v) is 6.26. The Bertz CT molecular complexity index is 1770. The lowest BCUT2D eigenvalue weighted by Crippen LogP contribution is -2.65. The van der Waals surface area contributed by atoms with Gasteiger partial charge in [0, 0.05) is 36.3 Å². The van der Waals surface area contributed by atoms with E-state index in [2.05, 4.69) is 0 Å². The van der Waals surface area contributed by atoms with Crippen molar-refractivity contribution in [3.63, 3.8) is 0 Å². The van der Waals surface area contributed by atoms with Crippen LogP contribution in [0, 0.1) is 22.0 Å². The van der Waals surface area contributed by atoms with E-state index in [4.69, 9.17) is 40.8 Å². The number of aliphatic hydroxyl groups excluding tert-OH is 2. The molecule has 3 aliphatic rings. The summed E-state index contributed by atoms with van der Waals surface area (Å²) in [6.07, 6.45) is -0.0207. The highest BCUT2D eigenvalue weighted by atomic mass is 32.3. The molecule has 0 radical (unpaired) electrons. The molecule has 0 bridgehead atoms. The Morgan fingerprint density at radius 2 is 1.52 bits per heavy atom. The SMILES string of the molecule is CCN(CC)c1cc([N+](=O)[O-])c(O)c2c1CC1CC3[C@H](N(C)C)C(=O)C(C(N)=O)=C(O)[C@@]3(O)C(=O)C1=C2O.O=S(=O)(O)O.O=S(=O)(O)O. The number of aliphatic hydroxyl groups is 3. The van der Waals surface area contributed by atoms with Gasteiger partial charge in [-0.15, -0.1) is 0 Å². The minimum atomic E-state index is -4.67. The van der Waals surface area contributed by atoms with E-state index < -0.39 is 95.2 Å². The van der Waals surface area contributed by atoms with Crippen molar-refractivity contribution >= 4 is 55.4 Å². The molecule has 48 heavy (non-hydrogen) atoms. The molecule has 1 aromatic rings. The van der Waals surface area contributed by atoms with Gasteiger partial charge >= 0.3 is 26.5 Å². The first-order valence-corrected chi connectivity index (χ1v) is 16.4. The standard InChI is InChI=1S/C25H30N4O9.2H2O4S/c1-5-28(6-2)13-9-14(29(37)38)19(30)16-11(13)7-10-8-12-18(27(3)4)21(32)17(24(26)35)23(34)25(12,36)22(33)15(10)20(16)31;2*1-5(2,3)4/h9-10,12,18,30-31,34,36H,5-8H2,1-4H3,(H2,26,35);2*(H2,1,2,3,4)/t10?,12?,18-,25-;;/m0../s1. The van der Waals surface area contributed by atoms with Crippen LogP contribution in [-0.4, -0.2) is 122 Å². The third-order valence-electron chi connectivity index (χ3n) is 7.98. The Morgan fingerprint density at radius 1 is 1.04 bits per heavy atom. The molecule has 1 amide bonds. The summed E-state index contributed by atoms with van der Waals surface area (Å²) in [5, 5.41) is 56.4. The van der Waals surface area contributed by atoms with Gasteiger partial charge in [0.15, 0.2) is 11.4 Å². The van der Waals surface area contributed by atoms with Gasteiger partial charge in [-0.2, -0.15) is 16.8 Å². The fraction of sp³-hybridized carbons (Fsp3) is 0.480. The molecule has 0 aromatic heterocycles. The first kappa shape index (κ1) is 39.9. The van der Waals surface area contributed by atoms with Crippen molar-refractivity contribution in [2.45, 2.75) is 38.3 Å². The lowest BCUT2D eigenvalue weighted by molar-refractivity contribution is -0.385. The highest BCUT2D eigenvalue weighted by Crippen LogP contribution is 2.54. The molecule has 0 spiro atoms. The van der Waals surface area contributed by atoms with Gasteiger partial charge in [0.1, 0.15) is 17.1 Å². The number of anilines is 1. The number of hydrogen-bond acceptors (Lipinski definition) is 15. The number of ketones is 2. The van der Waals surface area contributed by atoms with Crippen LogP contribution in [0.1, 0.15) is 31.4 Å². The second-order valence-electron chi connectivity index (χ2n) is 10.9. The number of carbonyl (C=O) groups excluding carboxylic acids is 3. The van der Waals surface area contributed by atoms with Gasteiger partial charge in [0.25, 0.3) is 5.91 Å². The number of amides is 1. The zero-order valence-corrected chi connectivity index (χ0v) is 27.3. The van der Waals surface area contributed by atoms with Crippen LogP contribution >= 0.6 is 0 Å². The van der Waals surface area contributed by atoms with E-state index in [1.807, 2.05) is 18.7 Å². The number of nitrogens with two attached hydrogens (primary N) is 1. The summed E-state index contributed by atoms with van der Waals surface area (Å²) in [5.41, 5.74) is 1.06. The van der Waals surface area contributed by atoms with Crippen LogP contribution in [0.3, 0.4) is 0 Å². The van der Waals surface area contributed by atoms with Gasteiger partial charge in [-0.25, -0.2) is 0 Å². The van der Waals surface area contributed by atoms with Crippen LogP contribution in [0.25, 0.3) is 5.76 Å². The van der Waals surface area contributed by atoms with Crippen molar-refractivity contribution in [1.82, 2.24) is 4.90 Å². The number of benzene rings is 1. The normalized spacial score (nSPS) is 23.6. The summed E-state index contributed by atoms with van der Waals surface area (Å²) in [4.78, 5) is 53.3. The second kappa shape index (κ2) is 14.1. The molecule has 4 atom stereocenters. The average molecular weight is 727 g/mol. The van der Waals surface area contributed by atoms with Crippen LogP contribution in [0.4, 0.5) is 11.4 Å². The van der Waals surface area contributed by atoms with Gasteiger partial charge in [-0.05, 0) is 52.3 Å².